The molecule has 150 valence electrons. The summed E-state index contributed by atoms with van der Waals surface area (Å²) < 4.78 is 5.65. The highest BCUT2D eigenvalue weighted by Gasteiger charge is 2.26. The van der Waals surface area contributed by atoms with Crippen molar-refractivity contribution in [3.63, 3.8) is 0 Å². The van der Waals surface area contributed by atoms with E-state index in [2.05, 4.69) is 0 Å². The van der Waals surface area contributed by atoms with E-state index < -0.39 is 0 Å². The van der Waals surface area contributed by atoms with E-state index in [1.165, 1.54) is 4.90 Å². The van der Waals surface area contributed by atoms with Crippen molar-refractivity contribution in [1.82, 2.24) is 4.90 Å². The topological polar surface area (TPSA) is 82.7 Å². The smallest absolute Gasteiger partial charge is 0.331 e. The van der Waals surface area contributed by atoms with Crippen molar-refractivity contribution in [2.75, 3.05) is 24.6 Å². The predicted molar refractivity (Wildman–Crippen MR) is 114 cm³/mol. The van der Waals surface area contributed by atoms with Gasteiger partial charge in [0, 0.05) is 6.54 Å². The second-order valence-electron chi connectivity index (χ2n) is 6.20. The lowest BCUT2D eigenvalue weighted by molar-refractivity contribution is 0.111. The van der Waals surface area contributed by atoms with E-state index in [9.17, 15) is 4.79 Å². The van der Waals surface area contributed by atoms with E-state index >= 15 is 0 Å². The first kappa shape index (κ1) is 21.7. The van der Waals surface area contributed by atoms with E-state index in [1.807, 2.05) is 56.3 Å². The highest BCUT2D eigenvalue weighted by atomic mass is 35.5. The number of ether oxygens (including phenoxy) is 1. The number of hydrogen-bond acceptors (Lipinski definition) is 3. The van der Waals surface area contributed by atoms with Crippen LogP contribution in [0.25, 0.3) is 0 Å². The van der Waals surface area contributed by atoms with Crippen molar-refractivity contribution < 1.29 is 9.53 Å². The van der Waals surface area contributed by atoms with Crippen LogP contribution in [0, 0.1) is 5.41 Å². The molecule has 0 saturated carbocycles. The molecule has 2 aromatic rings. The molecule has 0 aliphatic heterocycles. The second kappa shape index (κ2) is 10.7. The number of nitrogens with one attached hydrogen (secondary N) is 1. The number of hydrogen-bond donors (Lipinski definition) is 2. The molecule has 0 fully saturated rings. The van der Waals surface area contributed by atoms with Crippen LogP contribution in [0.4, 0.5) is 10.5 Å². The number of rotatable bonds is 8. The minimum atomic E-state index is -0.388. The Kier molecular flexibility index (Phi) is 8.29. The van der Waals surface area contributed by atoms with Crippen LogP contribution in [0.3, 0.4) is 0 Å². The lowest BCUT2D eigenvalue weighted by atomic mass is 10.1. The molecule has 0 radical (unpaired) electrons. The zero-order valence-corrected chi connectivity index (χ0v) is 17.1. The van der Waals surface area contributed by atoms with Crippen LogP contribution in [0.5, 0.6) is 0 Å². The molecular formula is C21H27ClN4O2. The molecule has 3 N–H and O–H groups in total. The van der Waals surface area contributed by atoms with Gasteiger partial charge in [0.2, 0.25) is 0 Å². The summed E-state index contributed by atoms with van der Waals surface area (Å²) in [6, 6.07) is 14.9. The SMILES string of the molecule is CCc1cccc(Cl)c1N(CC)C(=O)N(CCOCc1ccccc1)C(=N)N. The Balaban J connectivity index is 2.09. The van der Waals surface area contributed by atoms with E-state index in [1.54, 1.807) is 11.0 Å². The van der Waals surface area contributed by atoms with E-state index in [4.69, 9.17) is 27.5 Å². The molecule has 7 heteroatoms. The third kappa shape index (κ3) is 5.47. The summed E-state index contributed by atoms with van der Waals surface area (Å²) >= 11 is 6.38. The van der Waals surface area contributed by atoms with Crippen molar-refractivity contribution in [3.8, 4) is 0 Å². The molecule has 0 heterocycles. The third-order valence-corrected chi connectivity index (χ3v) is 4.67. The third-order valence-electron chi connectivity index (χ3n) is 4.36. The summed E-state index contributed by atoms with van der Waals surface area (Å²) in [5.74, 6) is -0.322. The first-order chi connectivity index (χ1) is 13.5. The van der Waals surface area contributed by atoms with Gasteiger partial charge in [-0.25, -0.2) is 4.79 Å². The number of aryl methyl sites for hydroxylation is 1. The largest absolute Gasteiger partial charge is 0.375 e. The van der Waals surface area contributed by atoms with Gasteiger partial charge in [0.15, 0.2) is 5.96 Å². The zero-order chi connectivity index (χ0) is 20.5. The number of urea groups is 1. The molecule has 6 nitrogen and oxygen atoms in total. The van der Waals surface area contributed by atoms with Crippen LogP contribution >= 0.6 is 11.6 Å². The first-order valence-corrected chi connectivity index (χ1v) is 9.69. The van der Waals surface area contributed by atoms with Crippen LogP contribution in [-0.2, 0) is 17.8 Å². The lowest BCUT2D eigenvalue weighted by Crippen LogP contribution is -2.50. The Morgan fingerprint density at radius 3 is 2.46 bits per heavy atom. The highest BCUT2D eigenvalue weighted by molar-refractivity contribution is 6.34. The van der Waals surface area contributed by atoms with Crippen molar-refractivity contribution in [2.45, 2.75) is 26.9 Å². The van der Waals surface area contributed by atoms with E-state index in [0.29, 0.717) is 23.9 Å². The van der Waals surface area contributed by atoms with Crippen LogP contribution in [-0.4, -0.2) is 36.6 Å². The molecular weight excluding hydrogens is 376 g/mol. The summed E-state index contributed by atoms with van der Waals surface area (Å²) in [4.78, 5) is 15.9. The molecule has 0 spiro atoms. The fourth-order valence-corrected chi connectivity index (χ4v) is 3.22. The molecule has 0 aliphatic rings. The maximum atomic E-state index is 13.1. The highest BCUT2D eigenvalue weighted by Crippen LogP contribution is 2.31. The molecule has 2 rings (SSSR count). The number of carbonyl (C=O) groups excluding carboxylic acids is 1. The molecule has 0 aliphatic carbocycles. The van der Waals surface area contributed by atoms with Gasteiger partial charge in [0.05, 0.1) is 30.5 Å². The molecule has 0 unspecified atom stereocenters. The Morgan fingerprint density at radius 1 is 1.14 bits per heavy atom. The molecule has 0 atom stereocenters. The number of benzene rings is 2. The van der Waals surface area contributed by atoms with Gasteiger partial charge in [-0.3, -0.25) is 15.2 Å². The van der Waals surface area contributed by atoms with Crippen LogP contribution in [0.1, 0.15) is 25.0 Å². The van der Waals surface area contributed by atoms with Crippen LogP contribution in [0.2, 0.25) is 5.02 Å². The van der Waals surface area contributed by atoms with Crippen molar-refractivity contribution in [1.29, 1.82) is 5.41 Å². The number of guanidine groups is 1. The molecule has 0 saturated heterocycles. The molecule has 0 bridgehead atoms. The predicted octanol–water partition coefficient (Wildman–Crippen LogP) is 4.26. The van der Waals surface area contributed by atoms with Gasteiger partial charge in [0.25, 0.3) is 0 Å². The summed E-state index contributed by atoms with van der Waals surface area (Å²) in [5, 5.41) is 8.33. The molecule has 2 aromatic carbocycles. The Hall–Kier alpha value is -2.57. The minimum Gasteiger partial charge on any atom is -0.375 e. The Morgan fingerprint density at radius 2 is 1.86 bits per heavy atom. The summed E-state index contributed by atoms with van der Waals surface area (Å²) in [5.41, 5.74) is 8.35. The second-order valence-corrected chi connectivity index (χ2v) is 6.61. The summed E-state index contributed by atoms with van der Waals surface area (Å²) in [6.45, 7) is 5.16. The first-order valence-electron chi connectivity index (χ1n) is 9.31. The van der Waals surface area contributed by atoms with Gasteiger partial charge < -0.3 is 10.5 Å². The van der Waals surface area contributed by atoms with Gasteiger partial charge in [-0.05, 0) is 30.5 Å². The van der Waals surface area contributed by atoms with E-state index in [0.717, 1.165) is 17.5 Å². The fraction of sp³-hybridized carbons (Fsp3) is 0.333. The number of amides is 2. The van der Waals surface area contributed by atoms with Crippen LogP contribution in [0.15, 0.2) is 48.5 Å². The van der Waals surface area contributed by atoms with Crippen LogP contribution < -0.4 is 10.6 Å². The molecule has 28 heavy (non-hydrogen) atoms. The van der Waals surface area contributed by atoms with E-state index in [-0.39, 0.29) is 25.1 Å². The maximum Gasteiger partial charge on any atom is 0.331 e. The zero-order valence-electron chi connectivity index (χ0n) is 16.3. The number of para-hydroxylation sites is 1. The minimum absolute atomic E-state index is 0.184. The number of halogens is 1. The average molecular weight is 403 g/mol. The number of nitrogens with two attached hydrogens (primary N) is 1. The molecule has 2 amide bonds. The van der Waals surface area contributed by atoms with Gasteiger partial charge in [-0.1, -0.05) is 61.0 Å². The summed E-state index contributed by atoms with van der Waals surface area (Å²) in [7, 11) is 0. The van der Waals surface area contributed by atoms with Gasteiger partial charge in [-0.15, -0.1) is 0 Å². The number of carbonyl (C=O) groups is 1. The number of nitrogens with zero attached hydrogens (tertiary/aromatic N) is 2. The van der Waals surface area contributed by atoms with Crippen molar-refractivity contribution in [3.05, 3.63) is 64.7 Å². The monoisotopic (exact) mass is 402 g/mol. The fourth-order valence-electron chi connectivity index (χ4n) is 2.92. The average Bonchev–Trinajstić information content (AvgIpc) is 2.70. The Bertz CT molecular complexity index is 798. The summed E-state index contributed by atoms with van der Waals surface area (Å²) in [6.07, 6.45) is 0.736. The standard InChI is InChI=1S/C21H27ClN4O2/c1-3-17-11-8-12-18(22)19(17)25(4-2)21(27)26(20(23)24)13-14-28-15-16-9-6-5-7-10-16/h5-12H,3-4,13-15H2,1-2H3,(H3,23,24). The van der Waals surface area contributed by atoms with Gasteiger partial charge in [-0.2, -0.15) is 0 Å². The molecule has 0 aromatic heterocycles. The van der Waals surface area contributed by atoms with Crippen molar-refractivity contribution >= 4 is 29.3 Å². The number of anilines is 1. The lowest BCUT2D eigenvalue weighted by Gasteiger charge is -2.30. The van der Waals surface area contributed by atoms with Crippen molar-refractivity contribution in [2.24, 2.45) is 5.73 Å². The Labute approximate surface area is 171 Å². The normalized spacial score (nSPS) is 10.5. The van der Waals surface area contributed by atoms with Gasteiger partial charge in [0.1, 0.15) is 0 Å². The van der Waals surface area contributed by atoms with Gasteiger partial charge >= 0.3 is 6.03 Å². The maximum absolute atomic E-state index is 13.1. The quantitative estimate of drug-likeness (QED) is 0.393.